The third kappa shape index (κ3) is 4.35. The Morgan fingerprint density at radius 3 is 2.54 bits per heavy atom. The smallest absolute Gasteiger partial charge is 0.409 e. The number of hydrogen-bond acceptors (Lipinski definition) is 6. The lowest BCUT2D eigenvalue weighted by atomic mass is 9.89. The molecule has 2 aliphatic heterocycles. The monoisotopic (exact) mass is 494 g/mol. The summed E-state index contributed by atoms with van der Waals surface area (Å²) in [6.45, 7) is 2.99. The molecule has 184 valence electrons. The number of fused-ring (bicyclic) bond motifs is 1. The molecule has 0 spiro atoms. The van der Waals surface area contributed by atoms with Gasteiger partial charge in [0.1, 0.15) is 5.76 Å². The van der Waals surface area contributed by atoms with E-state index in [1.165, 1.54) is 22.5 Å². The number of aryl methyl sites for hydroxylation is 2. The number of hydrogen-bond donors (Lipinski definition) is 1. The Hall–Kier alpha value is -3.13. The molecule has 1 unspecified atom stereocenters. The zero-order valence-electron chi connectivity index (χ0n) is 19.9. The van der Waals surface area contributed by atoms with E-state index in [-0.39, 0.29) is 23.5 Å². The molecule has 1 aromatic heterocycles. The van der Waals surface area contributed by atoms with E-state index in [4.69, 9.17) is 4.74 Å². The SMILES string of the molecule is CCOC(=O)N1CCC(N2C(=O)C(=O)/C(=C(\O)c3ccc4c(c3)CCCC4)C2c2cccs2)CC1. The van der Waals surface area contributed by atoms with Crippen LogP contribution < -0.4 is 0 Å². The molecular weight excluding hydrogens is 464 g/mol. The standard InChI is InChI=1S/C27H30N2O5S/c1-2-34-27(33)28-13-11-20(12-14-28)29-23(21-8-5-15-35-21)22(25(31)26(29)32)24(30)19-10-9-17-6-3-4-7-18(17)16-19/h5,8-10,15-16,20,23,30H,2-4,6-7,11-14H2,1H3/b24-22-. The normalized spacial score (nSPS) is 22.4. The van der Waals surface area contributed by atoms with E-state index in [2.05, 4.69) is 0 Å². The van der Waals surface area contributed by atoms with Crippen LogP contribution in [-0.4, -0.2) is 58.4 Å². The van der Waals surface area contributed by atoms with E-state index in [1.807, 2.05) is 35.7 Å². The van der Waals surface area contributed by atoms with Crippen LogP contribution in [0.25, 0.3) is 5.76 Å². The molecule has 1 atom stereocenters. The fourth-order valence-corrected chi connectivity index (χ4v) is 6.36. The summed E-state index contributed by atoms with van der Waals surface area (Å²) in [7, 11) is 0. The van der Waals surface area contributed by atoms with E-state index >= 15 is 0 Å². The van der Waals surface area contributed by atoms with Crippen molar-refractivity contribution < 1.29 is 24.2 Å². The summed E-state index contributed by atoms with van der Waals surface area (Å²) in [5.41, 5.74) is 3.23. The minimum absolute atomic E-state index is 0.110. The molecule has 2 amide bonds. The Labute approximate surface area is 209 Å². The van der Waals surface area contributed by atoms with Crippen LogP contribution >= 0.6 is 11.3 Å². The second-order valence-corrected chi connectivity index (χ2v) is 10.3. The largest absolute Gasteiger partial charge is 0.507 e. The summed E-state index contributed by atoms with van der Waals surface area (Å²) < 4.78 is 5.11. The highest BCUT2D eigenvalue weighted by molar-refractivity contribution is 7.10. The molecule has 0 radical (unpaired) electrons. The van der Waals surface area contributed by atoms with Gasteiger partial charge in [0.15, 0.2) is 0 Å². The van der Waals surface area contributed by atoms with Gasteiger partial charge in [0.25, 0.3) is 11.7 Å². The third-order valence-corrected chi connectivity index (χ3v) is 8.22. The van der Waals surface area contributed by atoms with Gasteiger partial charge in [-0.25, -0.2) is 4.79 Å². The number of aliphatic hydroxyl groups is 1. The van der Waals surface area contributed by atoms with Crippen molar-refractivity contribution in [3.8, 4) is 0 Å². The minimum atomic E-state index is -0.647. The Morgan fingerprint density at radius 2 is 1.86 bits per heavy atom. The van der Waals surface area contributed by atoms with Crippen LogP contribution in [0, 0.1) is 0 Å². The van der Waals surface area contributed by atoms with Crippen LogP contribution in [0.3, 0.4) is 0 Å². The molecule has 1 aromatic carbocycles. The van der Waals surface area contributed by atoms with Crippen LogP contribution in [0.4, 0.5) is 4.79 Å². The highest BCUT2D eigenvalue weighted by Crippen LogP contribution is 2.44. The first-order chi connectivity index (χ1) is 17.0. The number of carbonyl (C=O) groups is 3. The highest BCUT2D eigenvalue weighted by atomic mass is 32.1. The first-order valence-electron chi connectivity index (χ1n) is 12.4. The average molecular weight is 495 g/mol. The van der Waals surface area contributed by atoms with E-state index in [9.17, 15) is 19.5 Å². The maximum atomic E-state index is 13.3. The number of ketones is 1. The van der Waals surface area contributed by atoms with Crippen molar-refractivity contribution in [2.24, 2.45) is 0 Å². The van der Waals surface area contributed by atoms with Crippen molar-refractivity contribution in [3.05, 3.63) is 62.9 Å². The molecule has 2 fully saturated rings. The number of thiophene rings is 1. The van der Waals surface area contributed by atoms with Gasteiger partial charge in [-0.05, 0) is 74.1 Å². The second kappa shape index (κ2) is 9.85. The van der Waals surface area contributed by atoms with E-state index < -0.39 is 17.7 Å². The Balaban J connectivity index is 1.49. The summed E-state index contributed by atoms with van der Waals surface area (Å²) in [5, 5.41) is 13.3. The number of amides is 2. The molecule has 1 aliphatic carbocycles. The van der Waals surface area contributed by atoms with Gasteiger partial charge in [0.05, 0.1) is 18.2 Å². The number of carbonyl (C=O) groups excluding carboxylic acids is 3. The Morgan fingerprint density at radius 1 is 1.11 bits per heavy atom. The predicted molar refractivity (Wildman–Crippen MR) is 133 cm³/mol. The van der Waals surface area contributed by atoms with Crippen molar-refractivity contribution >= 4 is 34.9 Å². The summed E-state index contributed by atoms with van der Waals surface area (Å²) >= 11 is 1.47. The zero-order valence-corrected chi connectivity index (χ0v) is 20.7. The quantitative estimate of drug-likeness (QED) is 0.379. The maximum Gasteiger partial charge on any atom is 0.409 e. The van der Waals surface area contributed by atoms with Gasteiger partial charge in [-0.2, -0.15) is 0 Å². The molecule has 8 heteroatoms. The number of rotatable bonds is 4. The lowest BCUT2D eigenvalue weighted by Gasteiger charge is -2.38. The van der Waals surface area contributed by atoms with Gasteiger partial charge in [-0.15, -0.1) is 11.3 Å². The molecular formula is C27H30N2O5S. The molecule has 5 rings (SSSR count). The lowest BCUT2D eigenvalue weighted by Crippen LogP contribution is -2.48. The summed E-state index contributed by atoms with van der Waals surface area (Å²) in [6, 6.07) is 8.81. The molecule has 0 saturated carbocycles. The first-order valence-corrected chi connectivity index (χ1v) is 13.2. The third-order valence-electron chi connectivity index (χ3n) is 7.30. The molecule has 3 aliphatic rings. The summed E-state index contributed by atoms with van der Waals surface area (Å²) in [6.07, 6.45) is 5.01. The maximum absolute atomic E-state index is 13.3. The number of likely N-dealkylation sites (tertiary alicyclic amines) is 2. The number of nitrogens with zero attached hydrogens (tertiary/aromatic N) is 2. The van der Waals surface area contributed by atoms with Gasteiger partial charge in [-0.1, -0.05) is 18.2 Å². The topological polar surface area (TPSA) is 87.2 Å². The minimum Gasteiger partial charge on any atom is -0.507 e. The van der Waals surface area contributed by atoms with Gasteiger partial charge in [0.2, 0.25) is 0 Å². The number of benzene rings is 1. The summed E-state index contributed by atoms with van der Waals surface area (Å²) in [4.78, 5) is 42.9. The van der Waals surface area contributed by atoms with Gasteiger partial charge >= 0.3 is 6.09 Å². The van der Waals surface area contributed by atoms with E-state index in [1.54, 1.807) is 16.7 Å². The summed E-state index contributed by atoms with van der Waals surface area (Å²) in [5.74, 6) is -1.34. The van der Waals surface area contributed by atoms with E-state index in [0.717, 1.165) is 30.6 Å². The Kier molecular flexibility index (Phi) is 6.65. The molecule has 2 saturated heterocycles. The van der Waals surface area contributed by atoms with Crippen LogP contribution in [0.15, 0.2) is 41.3 Å². The van der Waals surface area contributed by atoms with Crippen LogP contribution in [0.5, 0.6) is 0 Å². The fraction of sp³-hybridized carbons (Fsp3) is 0.444. The van der Waals surface area contributed by atoms with Crippen LogP contribution in [0.1, 0.15) is 60.2 Å². The lowest BCUT2D eigenvalue weighted by molar-refractivity contribution is -0.142. The second-order valence-electron chi connectivity index (χ2n) is 9.33. The van der Waals surface area contributed by atoms with Gasteiger partial charge in [0, 0.05) is 29.6 Å². The first kappa shape index (κ1) is 23.6. The van der Waals surface area contributed by atoms with Gasteiger partial charge < -0.3 is 19.6 Å². The molecule has 35 heavy (non-hydrogen) atoms. The molecule has 0 bridgehead atoms. The predicted octanol–water partition coefficient (Wildman–Crippen LogP) is 4.67. The number of aliphatic hydroxyl groups excluding tert-OH is 1. The fourth-order valence-electron chi connectivity index (χ4n) is 5.53. The van der Waals surface area contributed by atoms with Crippen molar-refractivity contribution in [3.63, 3.8) is 0 Å². The molecule has 7 nitrogen and oxygen atoms in total. The molecule has 2 aromatic rings. The zero-order chi connectivity index (χ0) is 24.5. The van der Waals surface area contributed by atoms with Crippen LogP contribution in [0.2, 0.25) is 0 Å². The van der Waals surface area contributed by atoms with Crippen molar-refractivity contribution in [2.75, 3.05) is 19.7 Å². The number of piperidine rings is 1. The van der Waals surface area contributed by atoms with Crippen molar-refractivity contribution in [1.82, 2.24) is 9.80 Å². The van der Waals surface area contributed by atoms with Crippen molar-refractivity contribution in [2.45, 2.75) is 57.5 Å². The number of ether oxygens (including phenoxy) is 1. The highest BCUT2D eigenvalue weighted by Gasteiger charge is 2.49. The number of Topliss-reactive ketones (excluding diaryl/α,β-unsaturated/α-hetero) is 1. The molecule has 3 heterocycles. The molecule has 1 N–H and O–H groups in total. The van der Waals surface area contributed by atoms with Crippen LogP contribution in [-0.2, 0) is 27.2 Å². The average Bonchev–Trinajstić information content (AvgIpc) is 3.50. The van der Waals surface area contributed by atoms with Gasteiger partial charge in [-0.3, -0.25) is 9.59 Å². The Bertz CT molecular complexity index is 1160. The van der Waals surface area contributed by atoms with Crippen molar-refractivity contribution in [1.29, 1.82) is 0 Å². The van der Waals surface area contributed by atoms with E-state index in [0.29, 0.717) is 38.1 Å².